The second-order valence-electron chi connectivity index (χ2n) is 4.97. The van der Waals surface area contributed by atoms with Crippen LogP contribution in [0.25, 0.3) is 10.9 Å². The third-order valence-electron chi connectivity index (χ3n) is 3.80. The minimum Gasteiger partial charge on any atom is -0.366 e. The zero-order chi connectivity index (χ0) is 13.9. The molecule has 1 aromatic heterocycles. The van der Waals surface area contributed by atoms with Crippen molar-refractivity contribution in [3.63, 3.8) is 0 Å². The zero-order valence-corrected chi connectivity index (χ0v) is 11.6. The van der Waals surface area contributed by atoms with E-state index in [2.05, 4.69) is 21.2 Å². The summed E-state index contributed by atoms with van der Waals surface area (Å²) < 4.78 is 0. The van der Waals surface area contributed by atoms with Crippen molar-refractivity contribution in [3.8, 4) is 0 Å². The summed E-state index contributed by atoms with van der Waals surface area (Å²) in [4.78, 5) is 15.9. The Hall–Kier alpha value is -2.17. The van der Waals surface area contributed by atoms with Crippen LogP contribution in [0.15, 0.2) is 30.5 Å². The van der Waals surface area contributed by atoms with Gasteiger partial charge in [-0.05, 0) is 6.07 Å². The summed E-state index contributed by atoms with van der Waals surface area (Å²) in [6, 6.07) is 8.04. The molecular formula is C15H18N4O. The number of benzene rings is 1. The molecule has 0 N–H and O–H groups in total. The van der Waals surface area contributed by atoms with Crippen molar-refractivity contribution < 1.29 is 4.79 Å². The number of nitrogens with zero attached hydrogens (tertiary/aromatic N) is 4. The molecule has 104 valence electrons. The van der Waals surface area contributed by atoms with Gasteiger partial charge in [-0.3, -0.25) is 4.79 Å². The minimum atomic E-state index is 0.238. The summed E-state index contributed by atoms with van der Waals surface area (Å²) in [6.45, 7) is 5.17. The number of anilines is 1. The first-order chi connectivity index (χ1) is 9.79. The Labute approximate surface area is 118 Å². The number of piperazine rings is 1. The SMILES string of the molecule is CCC(=O)N1CCN(c2cnnc3ccccc23)CC1. The molecule has 1 aliphatic heterocycles. The van der Waals surface area contributed by atoms with Gasteiger partial charge >= 0.3 is 0 Å². The van der Waals surface area contributed by atoms with Crippen LogP contribution in [0.1, 0.15) is 13.3 Å². The Morgan fingerprint density at radius 3 is 2.70 bits per heavy atom. The van der Waals surface area contributed by atoms with Crippen LogP contribution in [0, 0.1) is 0 Å². The van der Waals surface area contributed by atoms with Gasteiger partial charge in [0.25, 0.3) is 0 Å². The summed E-state index contributed by atoms with van der Waals surface area (Å²) in [5, 5.41) is 9.36. The van der Waals surface area contributed by atoms with Gasteiger partial charge in [0, 0.05) is 38.0 Å². The van der Waals surface area contributed by atoms with Gasteiger partial charge in [-0.15, -0.1) is 0 Å². The van der Waals surface area contributed by atoms with Crippen molar-refractivity contribution in [3.05, 3.63) is 30.5 Å². The van der Waals surface area contributed by atoms with E-state index < -0.39 is 0 Å². The third kappa shape index (κ3) is 2.31. The first-order valence-corrected chi connectivity index (χ1v) is 7.02. The zero-order valence-electron chi connectivity index (χ0n) is 11.6. The number of rotatable bonds is 2. The molecule has 2 aromatic rings. The van der Waals surface area contributed by atoms with E-state index in [0.29, 0.717) is 6.42 Å². The summed E-state index contributed by atoms with van der Waals surface area (Å²) in [5.74, 6) is 0.238. The molecule has 1 saturated heterocycles. The first kappa shape index (κ1) is 12.8. The van der Waals surface area contributed by atoms with Crippen LogP contribution in [0.5, 0.6) is 0 Å². The lowest BCUT2D eigenvalue weighted by Gasteiger charge is -2.36. The van der Waals surface area contributed by atoms with Gasteiger partial charge in [0.1, 0.15) is 0 Å². The Balaban J connectivity index is 1.82. The van der Waals surface area contributed by atoms with Gasteiger partial charge in [0.15, 0.2) is 0 Å². The predicted octanol–water partition coefficient (Wildman–Crippen LogP) is 1.69. The van der Waals surface area contributed by atoms with Crippen molar-refractivity contribution in [2.24, 2.45) is 0 Å². The van der Waals surface area contributed by atoms with Gasteiger partial charge in [0.05, 0.1) is 17.4 Å². The number of fused-ring (bicyclic) bond motifs is 1. The summed E-state index contributed by atoms with van der Waals surface area (Å²) >= 11 is 0. The average Bonchev–Trinajstić information content (AvgIpc) is 2.54. The van der Waals surface area contributed by atoms with Crippen LogP contribution in [0.4, 0.5) is 5.69 Å². The Bertz CT molecular complexity index is 615. The van der Waals surface area contributed by atoms with Crippen molar-refractivity contribution in [1.29, 1.82) is 0 Å². The van der Waals surface area contributed by atoms with E-state index in [1.165, 1.54) is 0 Å². The molecule has 0 saturated carbocycles. The maximum atomic E-state index is 11.7. The van der Waals surface area contributed by atoms with Crippen molar-refractivity contribution in [2.75, 3.05) is 31.1 Å². The van der Waals surface area contributed by atoms with Gasteiger partial charge in [0.2, 0.25) is 5.91 Å². The molecule has 1 aromatic carbocycles. The molecule has 3 rings (SSSR count). The smallest absolute Gasteiger partial charge is 0.222 e. The average molecular weight is 270 g/mol. The fourth-order valence-corrected chi connectivity index (χ4v) is 2.67. The predicted molar refractivity (Wildman–Crippen MR) is 78.6 cm³/mol. The highest BCUT2D eigenvalue weighted by Crippen LogP contribution is 2.25. The molecule has 1 fully saturated rings. The number of hydrogen-bond donors (Lipinski definition) is 0. The molecule has 0 bridgehead atoms. The molecule has 1 aliphatic rings. The maximum Gasteiger partial charge on any atom is 0.222 e. The molecule has 0 unspecified atom stereocenters. The maximum absolute atomic E-state index is 11.7. The molecule has 0 atom stereocenters. The lowest BCUT2D eigenvalue weighted by Crippen LogP contribution is -2.48. The molecule has 2 heterocycles. The number of hydrogen-bond acceptors (Lipinski definition) is 4. The van der Waals surface area contributed by atoms with Crippen LogP contribution in [-0.2, 0) is 4.79 Å². The van der Waals surface area contributed by atoms with E-state index in [1.54, 1.807) is 0 Å². The van der Waals surface area contributed by atoms with Crippen LogP contribution < -0.4 is 4.90 Å². The second-order valence-corrected chi connectivity index (χ2v) is 4.97. The van der Waals surface area contributed by atoms with Gasteiger partial charge in [-0.1, -0.05) is 25.1 Å². The normalized spacial score (nSPS) is 15.7. The van der Waals surface area contributed by atoms with Gasteiger partial charge < -0.3 is 9.80 Å². The van der Waals surface area contributed by atoms with Crippen molar-refractivity contribution in [2.45, 2.75) is 13.3 Å². The lowest BCUT2D eigenvalue weighted by atomic mass is 10.1. The second kappa shape index (κ2) is 5.45. The molecule has 0 spiro atoms. The van der Waals surface area contributed by atoms with E-state index in [0.717, 1.165) is 42.8 Å². The monoisotopic (exact) mass is 270 g/mol. The highest BCUT2D eigenvalue weighted by molar-refractivity contribution is 5.90. The van der Waals surface area contributed by atoms with Gasteiger partial charge in [-0.2, -0.15) is 10.2 Å². The van der Waals surface area contributed by atoms with E-state index in [4.69, 9.17) is 0 Å². The summed E-state index contributed by atoms with van der Waals surface area (Å²) in [7, 11) is 0. The van der Waals surface area contributed by atoms with E-state index in [-0.39, 0.29) is 5.91 Å². The molecule has 5 nitrogen and oxygen atoms in total. The van der Waals surface area contributed by atoms with Crippen LogP contribution in [0.2, 0.25) is 0 Å². The standard InChI is InChI=1S/C15H18N4O/c1-2-15(20)19-9-7-18(8-10-19)14-11-16-17-13-6-4-3-5-12(13)14/h3-6,11H,2,7-10H2,1H3. The topological polar surface area (TPSA) is 49.3 Å². The molecule has 1 amide bonds. The molecule has 0 radical (unpaired) electrons. The van der Waals surface area contributed by atoms with Crippen LogP contribution >= 0.6 is 0 Å². The Morgan fingerprint density at radius 1 is 1.20 bits per heavy atom. The third-order valence-corrected chi connectivity index (χ3v) is 3.80. The van der Waals surface area contributed by atoms with Gasteiger partial charge in [-0.25, -0.2) is 0 Å². The molecule has 5 heteroatoms. The number of carbonyl (C=O) groups excluding carboxylic acids is 1. The highest BCUT2D eigenvalue weighted by Gasteiger charge is 2.21. The highest BCUT2D eigenvalue weighted by atomic mass is 16.2. The van der Waals surface area contributed by atoms with Crippen LogP contribution in [-0.4, -0.2) is 47.2 Å². The fraction of sp³-hybridized carbons (Fsp3) is 0.400. The first-order valence-electron chi connectivity index (χ1n) is 7.02. The van der Waals surface area contributed by atoms with Crippen molar-refractivity contribution in [1.82, 2.24) is 15.1 Å². The number of carbonyl (C=O) groups is 1. The number of amides is 1. The minimum absolute atomic E-state index is 0.238. The van der Waals surface area contributed by atoms with Crippen LogP contribution in [0.3, 0.4) is 0 Å². The fourth-order valence-electron chi connectivity index (χ4n) is 2.67. The summed E-state index contributed by atoms with van der Waals surface area (Å²) in [6.07, 6.45) is 2.40. The van der Waals surface area contributed by atoms with E-state index >= 15 is 0 Å². The molecule has 0 aliphatic carbocycles. The van der Waals surface area contributed by atoms with E-state index in [9.17, 15) is 4.79 Å². The number of aromatic nitrogens is 2. The van der Waals surface area contributed by atoms with E-state index in [1.807, 2.05) is 36.2 Å². The Morgan fingerprint density at radius 2 is 1.95 bits per heavy atom. The van der Waals surface area contributed by atoms with Crippen molar-refractivity contribution >= 4 is 22.5 Å². The Kier molecular flexibility index (Phi) is 3.50. The summed E-state index contributed by atoms with van der Waals surface area (Å²) in [5.41, 5.74) is 2.02. The largest absolute Gasteiger partial charge is 0.366 e. The molecular weight excluding hydrogens is 252 g/mol. The lowest BCUT2D eigenvalue weighted by molar-refractivity contribution is -0.131. The molecule has 20 heavy (non-hydrogen) atoms. The quantitative estimate of drug-likeness (QED) is 0.833.